The first kappa shape index (κ1) is 11.1. The Morgan fingerprint density at radius 3 is 2.82 bits per heavy atom. The molecule has 2 rings (SSSR count). The van der Waals surface area contributed by atoms with Crippen molar-refractivity contribution in [1.82, 2.24) is 9.97 Å². The van der Waals surface area contributed by atoms with Gasteiger partial charge in [0.15, 0.2) is 0 Å². The summed E-state index contributed by atoms with van der Waals surface area (Å²) in [6, 6.07) is -0.0370. The molecule has 1 aliphatic rings. The van der Waals surface area contributed by atoms with Crippen molar-refractivity contribution in [2.75, 3.05) is 12.4 Å². The molecule has 2 heterocycles. The highest BCUT2D eigenvalue weighted by Gasteiger charge is 2.36. The lowest BCUT2D eigenvalue weighted by atomic mass is 10.00. The molecule has 0 radical (unpaired) electrons. The number of carboxylic acid groups (broad SMARTS) is 1. The Morgan fingerprint density at radius 1 is 1.53 bits per heavy atom. The van der Waals surface area contributed by atoms with Crippen molar-refractivity contribution in [3.63, 3.8) is 0 Å². The average molecular weight is 239 g/mol. The van der Waals surface area contributed by atoms with Gasteiger partial charge in [-0.05, 0) is 0 Å². The van der Waals surface area contributed by atoms with Gasteiger partial charge in [0.25, 0.3) is 11.6 Å². The van der Waals surface area contributed by atoms with E-state index in [2.05, 4.69) is 15.3 Å². The van der Waals surface area contributed by atoms with Gasteiger partial charge in [-0.3, -0.25) is 19.4 Å². The highest BCUT2D eigenvalue weighted by atomic mass is 16.5. The number of nitrogens with one attached hydrogen (secondary N) is 2. The van der Waals surface area contributed by atoms with Crippen molar-refractivity contribution in [2.45, 2.75) is 12.3 Å². The first-order chi connectivity index (χ1) is 8.02. The van der Waals surface area contributed by atoms with Gasteiger partial charge in [-0.15, -0.1) is 0 Å². The van der Waals surface area contributed by atoms with Gasteiger partial charge in [0.1, 0.15) is 5.82 Å². The van der Waals surface area contributed by atoms with Crippen LogP contribution in [0.3, 0.4) is 0 Å². The molecule has 3 N–H and O–H groups in total. The lowest BCUT2D eigenvalue weighted by Gasteiger charge is -2.04. The molecule has 0 aromatic carbocycles. The zero-order chi connectivity index (χ0) is 12.6. The Bertz CT molecular complexity index is 550. The van der Waals surface area contributed by atoms with Gasteiger partial charge in [-0.2, -0.15) is 4.98 Å². The molecule has 0 spiro atoms. The number of aromatic nitrogens is 2. The molecule has 1 amide bonds. The van der Waals surface area contributed by atoms with Crippen molar-refractivity contribution in [2.24, 2.45) is 0 Å². The van der Waals surface area contributed by atoms with Crippen LogP contribution < -0.4 is 15.6 Å². The van der Waals surface area contributed by atoms with Gasteiger partial charge in [0, 0.05) is 0 Å². The van der Waals surface area contributed by atoms with Gasteiger partial charge in [0.05, 0.1) is 25.0 Å². The molecule has 0 fully saturated rings. The Morgan fingerprint density at radius 2 is 2.24 bits per heavy atom. The van der Waals surface area contributed by atoms with Crippen LogP contribution in [0.5, 0.6) is 6.01 Å². The summed E-state index contributed by atoms with van der Waals surface area (Å²) in [5, 5.41) is 11.0. The van der Waals surface area contributed by atoms with E-state index in [4.69, 9.17) is 9.84 Å². The van der Waals surface area contributed by atoms with E-state index in [0.717, 1.165) is 0 Å². The highest BCUT2D eigenvalue weighted by molar-refractivity contribution is 6.03. The number of methoxy groups -OCH3 is 1. The van der Waals surface area contributed by atoms with E-state index in [9.17, 15) is 14.4 Å². The van der Waals surface area contributed by atoms with E-state index in [-0.39, 0.29) is 17.4 Å². The van der Waals surface area contributed by atoms with Crippen molar-refractivity contribution in [1.29, 1.82) is 0 Å². The van der Waals surface area contributed by atoms with Crippen LogP contribution in [0, 0.1) is 0 Å². The maximum atomic E-state index is 11.7. The third-order valence-electron chi connectivity index (χ3n) is 2.41. The minimum absolute atomic E-state index is 0.0370. The molecule has 90 valence electrons. The van der Waals surface area contributed by atoms with Gasteiger partial charge < -0.3 is 15.2 Å². The van der Waals surface area contributed by atoms with Crippen LogP contribution in [-0.4, -0.2) is 34.1 Å². The molecule has 1 aromatic heterocycles. The number of hydrogen-bond acceptors (Lipinski definition) is 5. The SMILES string of the molecule is COc1nc2c(c(=O)[nH]1)C(CC(=O)O)C(=O)N2. The third-order valence-corrected chi connectivity index (χ3v) is 2.41. The second-order valence-corrected chi connectivity index (χ2v) is 3.48. The fraction of sp³-hybridized carbons (Fsp3) is 0.333. The number of hydrogen-bond donors (Lipinski definition) is 3. The highest BCUT2D eigenvalue weighted by Crippen LogP contribution is 2.30. The largest absolute Gasteiger partial charge is 0.481 e. The lowest BCUT2D eigenvalue weighted by Crippen LogP contribution is -2.20. The maximum absolute atomic E-state index is 11.7. The third kappa shape index (κ3) is 1.84. The van der Waals surface area contributed by atoms with Crippen LogP contribution >= 0.6 is 0 Å². The van der Waals surface area contributed by atoms with Crippen LogP contribution in [-0.2, 0) is 9.59 Å². The molecule has 8 nitrogen and oxygen atoms in total. The molecule has 0 aliphatic carbocycles. The molecule has 0 saturated carbocycles. The molecular weight excluding hydrogens is 230 g/mol. The number of fused-ring (bicyclic) bond motifs is 1. The number of rotatable bonds is 3. The average Bonchev–Trinajstić information content (AvgIpc) is 2.54. The number of aliphatic carboxylic acids is 1. The van der Waals surface area contributed by atoms with Gasteiger partial charge in [-0.25, -0.2) is 0 Å². The van der Waals surface area contributed by atoms with E-state index >= 15 is 0 Å². The number of ether oxygens (including phenoxy) is 1. The molecule has 17 heavy (non-hydrogen) atoms. The quantitative estimate of drug-likeness (QED) is 0.640. The molecule has 8 heteroatoms. The predicted octanol–water partition coefficient (Wildman–Crippen LogP) is -0.711. The smallest absolute Gasteiger partial charge is 0.304 e. The first-order valence-corrected chi connectivity index (χ1v) is 4.73. The first-order valence-electron chi connectivity index (χ1n) is 4.73. The number of anilines is 1. The molecule has 1 aliphatic heterocycles. The number of carbonyl (C=O) groups excluding carboxylic acids is 1. The number of H-pyrrole nitrogens is 1. The monoisotopic (exact) mass is 239 g/mol. The summed E-state index contributed by atoms with van der Waals surface area (Å²) >= 11 is 0. The van der Waals surface area contributed by atoms with E-state index in [1.807, 2.05) is 0 Å². The predicted molar refractivity (Wildman–Crippen MR) is 55.0 cm³/mol. The number of carboxylic acids is 1. The van der Waals surface area contributed by atoms with Crippen LogP contribution in [0.2, 0.25) is 0 Å². The second-order valence-electron chi connectivity index (χ2n) is 3.48. The Balaban J connectivity index is 2.50. The molecule has 1 atom stereocenters. The zero-order valence-electron chi connectivity index (χ0n) is 8.81. The lowest BCUT2D eigenvalue weighted by molar-refractivity contribution is -0.138. The van der Waals surface area contributed by atoms with E-state index in [1.54, 1.807) is 0 Å². The van der Waals surface area contributed by atoms with Crippen LogP contribution in [0.1, 0.15) is 17.9 Å². The van der Waals surface area contributed by atoms with Crippen molar-refractivity contribution >= 4 is 17.7 Å². The van der Waals surface area contributed by atoms with E-state index in [0.29, 0.717) is 0 Å². The molecule has 0 bridgehead atoms. The summed E-state index contributed by atoms with van der Waals surface area (Å²) in [6.07, 6.45) is -0.448. The molecule has 0 saturated heterocycles. The van der Waals surface area contributed by atoms with E-state index in [1.165, 1.54) is 7.11 Å². The van der Waals surface area contributed by atoms with Crippen LogP contribution in [0.25, 0.3) is 0 Å². The molecular formula is C9H9N3O5. The second kappa shape index (κ2) is 3.89. The van der Waals surface area contributed by atoms with E-state index < -0.39 is 29.8 Å². The number of carbonyl (C=O) groups is 2. The number of amides is 1. The zero-order valence-corrected chi connectivity index (χ0v) is 8.81. The summed E-state index contributed by atoms with van der Waals surface area (Å²) in [6.45, 7) is 0. The summed E-state index contributed by atoms with van der Waals surface area (Å²) in [4.78, 5) is 39.9. The van der Waals surface area contributed by atoms with Crippen LogP contribution in [0.15, 0.2) is 4.79 Å². The van der Waals surface area contributed by atoms with Crippen molar-refractivity contribution in [3.05, 3.63) is 15.9 Å². The molecule has 1 aromatic rings. The maximum Gasteiger partial charge on any atom is 0.304 e. The number of nitrogens with zero attached hydrogens (tertiary/aromatic N) is 1. The normalized spacial score (nSPS) is 17.5. The summed E-state index contributed by atoms with van der Waals surface area (Å²) < 4.78 is 4.74. The van der Waals surface area contributed by atoms with Gasteiger partial charge >= 0.3 is 5.97 Å². The van der Waals surface area contributed by atoms with Crippen molar-refractivity contribution < 1.29 is 19.4 Å². The van der Waals surface area contributed by atoms with Gasteiger partial charge in [0.2, 0.25) is 5.91 Å². The Hall–Kier alpha value is -2.38. The topological polar surface area (TPSA) is 121 Å². The summed E-state index contributed by atoms with van der Waals surface area (Å²) in [5.74, 6) is -2.66. The minimum Gasteiger partial charge on any atom is -0.481 e. The van der Waals surface area contributed by atoms with Crippen LogP contribution in [0.4, 0.5) is 5.82 Å². The summed E-state index contributed by atoms with van der Waals surface area (Å²) in [5.41, 5.74) is -0.533. The fourth-order valence-corrected chi connectivity index (χ4v) is 1.68. The Labute approximate surface area is 94.6 Å². The standard InChI is InChI=1S/C9H9N3O5/c1-17-9-11-6-5(8(16)12-9)3(2-4(13)14)7(15)10-6/h3H,2H2,1H3,(H,13,14)(H2,10,11,12,15,16). The Kier molecular flexibility index (Phi) is 2.54. The fourth-order valence-electron chi connectivity index (χ4n) is 1.68. The molecule has 1 unspecified atom stereocenters. The summed E-state index contributed by atoms with van der Waals surface area (Å²) in [7, 11) is 1.32. The van der Waals surface area contributed by atoms with Gasteiger partial charge in [-0.1, -0.05) is 0 Å². The minimum atomic E-state index is -1.16. The van der Waals surface area contributed by atoms with Crippen molar-refractivity contribution in [3.8, 4) is 6.01 Å². The number of aromatic amines is 1.